The van der Waals surface area contributed by atoms with E-state index in [0.29, 0.717) is 28.2 Å². The zero-order valence-electron chi connectivity index (χ0n) is 16.5. The molecule has 31 heavy (non-hydrogen) atoms. The number of rotatable bonds is 7. The monoisotopic (exact) mass is 468 g/mol. The maximum Gasteiger partial charge on any atom is 0.129 e. The Balaban J connectivity index is 1.58. The highest BCUT2D eigenvalue weighted by atomic mass is 35.5. The molecule has 0 aliphatic rings. The Labute approximate surface area is 196 Å². The summed E-state index contributed by atoms with van der Waals surface area (Å²) in [5, 5.41) is 8.43. The van der Waals surface area contributed by atoms with Crippen LogP contribution in [0.25, 0.3) is 10.8 Å². The van der Waals surface area contributed by atoms with Crippen LogP contribution in [0, 0.1) is 0 Å². The number of benzene rings is 4. The molecule has 0 amide bonds. The highest BCUT2D eigenvalue weighted by Crippen LogP contribution is 2.28. The topological polar surface area (TPSA) is 33.6 Å². The standard InChI is InChI=1S/C25H19Cl3N2O/c26-22-9-4-2-7-18(22)16-31-25-13-12-17-6-1-3-8-19(17)20(25)14-29-30-15-21-23(27)10-5-11-24(21)28/h1-14,30H,15-16H2/b29-14+. The van der Waals surface area contributed by atoms with E-state index in [-0.39, 0.29) is 0 Å². The van der Waals surface area contributed by atoms with Gasteiger partial charge in [-0.15, -0.1) is 0 Å². The molecule has 156 valence electrons. The van der Waals surface area contributed by atoms with Gasteiger partial charge >= 0.3 is 0 Å². The SMILES string of the molecule is Clc1ccccc1COc1ccc2ccccc2c1/C=N/NCc1c(Cl)cccc1Cl. The van der Waals surface area contributed by atoms with Gasteiger partial charge in [-0.1, -0.05) is 89.4 Å². The van der Waals surface area contributed by atoms with Crippen molar-refractivity contribution in [3.05, 3.63) is 111 Å². The first-order valence-corrected chi connectivity index (χ1v) is 10.8. The molecule has 0 heterocycles. The molecule has 0 saturated carbocycles. The highest BCUT2D eigenvalue weighted by Gasteiger charge is 2.09. The van der Waals surface area contributed by atoms with Crippen LogP contribution in [-0.4, -0.2) is 6.21 Å². The lowest BCUT2D eigenvalue weighted by Gasteiger charge is -2.13. The normalized spacial score (nSPS) is 11.2. The molecule has 1 N–H and O–H groups in total. The van der Waals surface area contributed by atoms with Gasteiger partial charge in [-0.25, -0.2) is 0 Å². The third-order valence-electron chi connectivity index (χ3n) is 4.87. The number of hydrogen-bond acceptors (Lipinski definition) is 3. The molecule has 0 aromatic heterocycles. The highest BCUT2D eigenvalue weighted by molar-refractivity contribution is 6.36. The Bertz CT molecular complexity index is 1220. The predicted octanol–water partition coefficient (Wildman–Crippen LogP) is 7.50. The van der Waals surface area contributed by atoms with Gasteiger partial charge in [-0.05, 0) is 35.0 Å². The van der Waals surface area contributed by atoms with Gasteiger partial charge in [-0.3, -0.25) is 0 Å². The first kappa shape index (κ1) is 21.5. The van der Waals surface area contributed by atoms with Gasteiger partial charge in [0, 0.05) is 31.8 Å². The lowest BCUT2D eigenvalue weighted by atomic mass is 10.0. The number of hydrogen-bond donors (Lipinski definition) is 1. The van der Waals surface area contributed by atoms with Crippen molar-refractivity contribution in [2.75, 3.05) is 0 Å². The van der Waals surface area contributed by atoms with Crippen molar-refractivity contribution in [1.29, 1.82) is 0 Å². The van der Waals surface area contributed by atoms with Crippen molar-refractivity contribution < 1.29 is 4.74 Å². The Morgan fingerprint density at radius 3 is 2.29 bits per heavy atom. The lowest BCUT2D eigenvalue weighted by molar-refractivity contribution is 0.306. The molecule has 0 spiro atoms. The summed E-state index contributed by atoms with van der Waals surface area (Å²) in [6, 6.07) is 25.2. The Hall–Kier alpha value is -2.72. The average Bonchev–Trinajstić information content (AvgIpc) is 2.78. The summed E-state index contributed by atoms with van der Waals surface area (Å²) in [5.74, 6) is 0.722. The molecule has 3 nitrogen and oxygen atoms in total. The summed E-state index contributed by atoms with van der Waals surface area (Å²) in [6.45, 7) is 0.775. The van der Waals surface area contributed by atoms with E-state index in [0.717, 1.165) is 33.2 Å². The van der Waals surface area contributed by atoms with Crippen molar-refractivity contribution in [3.63, 3.8) is 0 Å². The first-order valence-electron chi connectivity index (χ1n) is 9.70. The van der Waals surface area contributed by atoms with Crippen LogP contribution in [0.15, 0.2) is 84.0 Å². The van der Waals surface area contributed by atoms with Gasteiger partial charge in [0.25, 0.3) is 0 Å². The molecule has 0 bridgehead atoms. The number of nitrogens with zero attached hydrogens (tertiary/aromatic N) is 1. The maximum absolute atomic E-state index is 6.27. The molecule has 0 aliphatic heterocycles. The van der Waals surface area contributed by atoms with Gasteiger partial charge in [0.2, 0.25) is 0 Å². The second kappa shape index (κ2) is 10.1. The van der Waals surface area contributed by atoms with E-state index >= 15 is 0 Å². The number of nitrogens with one attached hydrogen (secondary N) is 1. The number of ether oxygens (including phenoxy) is 1. The van der Waals surface area contributed by atoms with Gasteiger partial charge in [0.1, 0.15) is 12.4 Å². The molecular weight excluding hydrogens is 451 g/mol. The Kier molecular flexibility index (Phi) is 6.98. The molecule has 0 unspecified atom stereocenters. The summed E-state index contributed by atoms with van der Waals surface area (Å²) < 4.78 is 6.12. The van der Waals surface area contributed by atoms with E-state index in [9.17, 15) is 0 Å². The summed E-state index contributed by atoms with van der Waals surface area (Å²) in [5.41, 5.74) is 5.63. The van der Waals surface area contributed by atoms with Gasteiger partial charge in [0.05, 0.1) is 12.8 Å². The van der Waals surface area contributed by atoms with Crippen LogP contribution in [0.1, 0.15) is 16.7 Å². The summed E-state index contributed by atoms with van der Waals surface area (Å²) in [4.78, 5) is 0. The lowest BCUT2D eigenvalue weighted by Crippen LogP contribution is -2.07. The summed E-state index contributed by atoms with van der Waals surface area (Å²) in [7, 11) is 0. The van der Waals surface area contributed by atoms with Crippen LogP contribution in [0.2, 0.25) is 15.1 Å². The third-order valence-corrected chi connectivity index (χ3v) is 5.95. The fourth-order valence-corrected chi connectivity index (χ4v) is 3.96. The molecule has 4 rings (SSSR count). The van der Waals surface area contributed by atoms with Crippen LogP contribution in [-0.2, 0) is 13.2 Å². The van der Waals surface area contributed by atoms with E-state index in [4.69, 9.17) is 39.5 Å². The minimum absolute atomic E-state index is 0.363. The van der Waals surface area contributed by atoms with Crippen molar-refractivity contribution in [2.24, 2.45) is 5.10 Å². The second-order valence-corrected chi connectivity index (χ2v) is 8.09. The number of fused-ring (bicyclic) bond motifs is 1. The van der Waals surface area contributed by atoms with E-state index in [1.807, 2.05) is 60.7 Å². The molecule has 4 aromatic rings. The van der Waals surface area contributed by atoms with Gasteiger partial charge in [-0.2, -0.15) is 5.10 Å². The van der Waals surface area contributed by atoms with Crippen LogP contribution < -0.4 is 10.2 Å². The average molecular weight is 470 g/mol. The molecule has 6 heteroatoms. The molecule has 0 radical (unpaired) electrons. The van der Waals surface area contributed by atoms with Gasteiger partial charge < -0.3 is 10.2 Å². The minimum atomic E-state index is 0.363. The molecule has 4 aromatic carbocycles. The zero-order chi connectivity index (χ0) is 21.6. The number of hydrazone groups is 1. The fourth-order valence-electron chi connectivity index (χ4n) is 3.24. The third kappa shape index (κ3) is 5.13. The van der Waals surface area contributed by atoms with Crippen molar-refractivity contribution >= 4 is 51.8 Å². The quantitative estimate of drug-likeness (QED) is 0.224. The van der Waals surface area contributed by atoms with E-state index in [1.54, 1.807) is 18.3 Å². The minimum Gasteiger partial charge on any atom is -0.488 e. The van der Waals surface area contributed by atoms with Gasteiger partial charge in [0.15, 0.2) is 0 Å². The van der Waals surface area contributed by atoms with Crippen molar-refractivity contribution in [1.82, 2.24) is 5.43 Å². The van der Waals surface area contributed by atoms with Crippen LogP contribution >= 0.6 is 34.8 Å². The zero-order valence-corrected chi connectivity index (χ0v) is 18.8. The number of halogens is 3. The molecule has 0 atom stereocenters. The molecule has 0 saturated heterocycles. The van der Waals surface area contributed by atoms with Crippen molar-refractivity contribution in [3.8, 4) is 5.75 Å². The smallest absolute Gasteiger partial charge is 0.129 e. The fraction of sp³-hybridized carbons (Fsp3) is 0.0800. The van der Waals surface area contributed by atoms with Crippen LogP contribution in [0.4, 0.5) is 0 Å². The first-order chi connectivity index (χ1) is 15.1. The summed E-state index contributed by atoms with van der Waals surface area (Å²) >= 11 is 18.7. The van der Waals surface area contributed by atoms with Crippen LogP contribution in [0.5, 0.6) is 5.75 Å². The second-order valence-electron chi connectivity index (χ2n) is 6.87. The largest absolute Gasteiger partial charge is 0.488 e. The molecule has 0 fully saturated rings. The van der Waals surface area contributed by atoms with Crippen molar-refractivity contribution in [2.45, 2.75) is 13.2 Å². The molecule has 0 aliphatic carbocycles. The molecular formula is C25H19Cl3N2O. The maximum atomic E-state index is 6.27. The van der Waals surface area contributed by atoms with E-state index in [2.05, 4.69) is 16.6 Å². The van der Waals surface area contributed by atoms with E-state index < -0.39 is 0 Å². The summed E-state index contributed by atoms with van der Waals surface area (Å²) in [6.07, 6.45) is 1.76. The van der Waals surface area contributed by atoms with E-state index in [1.165, 1.54) is 0 Å². The Morgan fingerprint density at radius 2 is 1.48 bits per heavy atom. The predicted molar refractivity (Wildman–Crippen MR) is 131 cm³/mol. The van der Waals surface area contributed by atoms with Crippen LogP contribution in [0.3, 0.4) is 0 Å². The Morgan fingerprint density at radius 1 is 0.774 bits per heavy atom.